The van der Waals surface area contributed by atoms with Gasteiger partial charge in [-0.3, -0.25) is 4.72 Å². The number of anilines is 1. The molecule has 0 saturated heterocycles. The van der Waals surface area contributed by atoms with Gasteiger partial charge in [-0.15, -0.1) is 0 Å². The molecule has 0 aliphatic heterocycles. The molecule has 0 fully saturated rings. The molecular weight excluding hydrogens is 327 g/mol. The highest BCUT2D eigenvalue weighted by Gasteiger charge is 2.22. The Morgan fingerprint density at radius 2 is 1.95 bits per heavy atom. The molecule has 1 aromatic heterocycles. The maximum atomic E-state index is 12.2. The van der Waals surface area contributed by atoms with Gasteiger partial charge >= 0.3 is 0 Å². The summed E-state index contributed by atoms with van der Waals surface area (Å²) in [5.41, 5.74) is 1.65. The summed E-state index contributed by atoms with van der Waals surface area (Å²) >= 11 is 12.6. The molecule has 4 nitrogen and oxygen atoms in total. The van der Waals surface area contributed by atoms with E-state index in [9.17, 15) is 8.42 Å². The van der Waals surface area contributed by atoms with Gasteiger partial charge in [-0.05, 0) is 31.5 Å². The Morgan fingerprint density at radius 3 is 2.47 bits per heavy atom. The van der Waals surface area contributed by atoms with Crippen molar-refractivity contribution in [2.24, 2.45) is 0 Å². The largest absolute Gasteiger partial charge is 0.277 e. The van der Waals surface area contributed by atoms with Crippen LogP contribution in [0.15, 0.2) is 22.4 Å². The number of hydrogen-bond donors (Lipinski definition) is 1. The van der Waals surface area contributed by atoms with Gasteiger partial charge in [0, 0.05) is 0 Å². The van der Waals surface area contributed by atoms with E-state index < -0.39 is 10.0 Å². The van der Waals surface area contributed by atoms with Crippen LogP contribution in [0.4, 0.5) is 5.69 Å². The van der Waals surface area contributed by atoms with Crippen molar-refractivity contribution in [3.05, 3.63) is 38.9 Å². The highest BCUT2D eigenvalue weighted by atomic mass is 35.5. The summed E-state index contributed by atoms with van der Waals surface area (Å²) in [6, 6.07) is 5.08. The second kappa shape index (κ2) is 5.28. The normalized spacial score (nSPS) is 11.6. The molecule has 102 valence electrons. The zero-order valence-corrected chi connectivity index (χ0v) is 13.2. The minimum Gasteiger partial charge on any atom is -0.277 e. The number of aromatic nitrogens is 1. The maximum absolute atomic E-state index is 12.2. The van der Waals surface area contributed by atoms with Crippen LogP contribution in [-0.2, 0) is 10.0 Å². The Morgan fingerprint density at radius 1 is 1.26 bits per heavy atom. The van der Waals surface area contributed by atoms with Crippen molar-refractivity contribution in [2.75, 3.05) is 4.72 Å². The molecule has 0 radical (unpaired) electrons. The molecule has 0 atom stereocenters. The van der Waals surface area contributed by atoms with Crippen molar-refractivity contribution in [3.8, 4) is 0 Å². The quantitative estimate of drug-likeness (QED) is 0.925. The Kier molecular flexibility index (Phi) is 4.06. The van der Waals surface area contributed by atoms with E-state index >= 15 is 0 Å². The number of sulfonamides is 1. The second-order valence-corrected chi connectivity index (χ2v) is 7.79. The first-order valence-electron chi connectivity index (χ1n) is 5.21. The van der Waals surface area contributed by atoms with E-state index in [1.165, 1.54) is 0 Å². The molecule has 0 aliphatic rings. The maximum Gasteiger partial charge on any atom is 0.273 e. The Balaban J connectivity index is 2.39. The van der Waals surface area contributed by atoms with Gasteiger partial charge in [-0.1, -0.05) is 40.6 Å². The van der Waals surface area contributed by atoms with Crippen LogP contribution < -0.4 is 4.72 Å². The molecule has 0 amide bonds. The SMILES string of the molecule is Cc1ccc(NS(=O)(=O)c2sc(Cl)nc2C)c(Cl)c1. The van der Waals surface area contributed by atoms with Gasteiger partial charge in [0.1, 0.15) is 0 Å². The molecule has 2 rings (SSSR count). The molecule has 0 unspecified atom stereocenters. The molecular formula is C11H10Cl2N2O2S2. The van der Waals surface area contributed by atoms with E-state index in [0.29, 0.717) is 16.4 Å². The van der Waals surface area contributed by atoms with Crippen LogP contribution in [0.5, 0.6) is 0 Å². The van der Waals surface area contributed by atoms with Gasteiger partial charge in [-0.25, -0.2) is 13.4 Å². The lowest BCUT2D eigenvalue weighted by Crippen LogP contribution is -2.13. The second-order valence-electron chi connectivity index (χ2n) is 3.93. The van der Waals surface area contributed by atoms with Crippen molar-refractivity contribution in [3.63, 3.8) is 0 Å². The van der Waals surface area contributed by atoms with Crippen LogP contribution in [0.2, 0.25) is 9.49 Å². The number of aryl methyl sites for hydroxylation is 2. The fourth-order valence-electron chi connectivity index (χ4n) is 1.49. The van der Waals surface area contributed by atoms with Crippen LogP contribution in [0.25, 0.3) is 0 Å². The van der Waals surface area contributed by atoms with Gasteiger partial charge in [-0.2, -0.15) is 0 Å². The molecule has 2 aromatic rings. The van der Waals surface area contributed by atoms with E-state index in [4.69, 9.17) is 23.2 Å². The van der Waals surface area contributed by atoms with Gasteiger partial charge in [0.05, 0.1) is 16.4 Å². The number of rotatable bonds is 3. The van der Waals surface area contributed by atoms with Gasteiger partial charge in [0.25, 0.3) is 10.0 Å². The molecule has 1 heterocycles. The van der Waals surface area contributed by atoms with Crippen LogP contribution in [0, 0.1) is 13.8 Å². The van der Waals surface area contributed by atoms with E-state index in [-0.39, 0.29) is 8.68 Å². The molecule has 1 N–H and O–H groups in total. The third-order valence-corrected chi connectivity index (χ3v) is 5.89. The Hall–Kier alpha value is -0.820. The fourth-order valence-corrected chi connectivity index (χ4v) is 4.65. The highest BCUT2D eigenvalue weighted by molar-refractivity contribution is 7.94. The first-order chi connectivity index (χ1) is 8.79. The lowest BCUT2D eigenvalue weighted by atomic mass is 10.2. The average Bonchev–Trinajstić information content (AvgIpc) is 2.63. The molecule has 0 spiro atoms. The van der Waals surface area contributed by atoms with E-state index in [1.807, 2.05) is 6.92 Å². The number of hydrogen-bond acceptors (Lipinski definition) is 4. The average molecular weight is 337 g/mol. The van der Waals surface area contributed by atoms with Crippen molar-refractivity contribution in [1.29, 1.82) is 0 Å². The summed E-state index contributed by atoms with van der Waals surface area (Å²) in [7, 11) is -3.72. The van der Waals surface area contributed by atoms with Crippen LogP contribution in [0.3, 0.4) is 0 Å². The summed E-state index contributed by atoms with van der Waals surface area (Å²) in [6.07, 6.45) is 0. The van der Waals surface area contributed by atoms with E-state index in [2.05, 4.69) is 9.71 Å². The lowest BCUT2D eigenvalue weighted by molar-refractivity contribution is 0.602. The lowest BCUT2D eigenvalue weighted by Gasteiger charge is -2.09. The van der Waals surface area contributed by atoms with Crippen LogP contribution in [0.1, 0.15) is 11.3 Å². The third kappa shape index (κ3) is 3.20. The van der Waals surface area contributed by atoms with Gasteiger partial charge in [0.2, 0.25) is 0 Å². The summed E-state index contributed by atoms with van der Waals surface area (Å²) in [4.78, 5) is 3.89. The topological polar surface area (TPSA) is 59.1 Å². The minimum atomic E-state index is -3.72. The number of nitrogens with one attached hydrogen (secondary N) is 1. The number of thiazole rings is 1. The molecule has 1 aromatic carbocycles. The summed E-state index contributed by atoms with van der Waals surface area (Å²) < 4.78 is 27.1. The standard InChI is InChI=1S/C11H10Cl2N2O2S2/c1-6-3-4-9(8(12)5-6)15-19(16,17)10-7(2)14-11(13)18-10/h3-5,15H,1-2H3. The summed E-state index contributed by atoms with van der Waals surface area (Å²) in [5.74, 6) is 0. The fraction of sp³-hybridized carbons (Fsp3) is 0.182. The summed E-state index contributed by atoms with van der Waals surface area (Å²) in [6.45, 7) is 3.46. The number of nitrogens with zero attached hydrogens (tertiary/aromatic N) is 1. The molecule has 0 bridgehead atoms. The zero-order valence-electron chi connectivity index (χ0n) is 10.1. The van der Waals surface area contributed by atoms with Crippen molar-refractivity contribution < 1.29 is 8.42 Å². The van der Waals surface area contributed by atoms with Crippen molar-refractivity contribution in [1.82, 2.24) is 4.98 Å². The van der Waals surface area contributed by atoms with Gasteiger partial charge < -0.3 is 0 Å². The van der Waals surface area contributed by atoms with Gasteiger partial charge in [0.15, 0.2) is 8.68 Å². The number of benzene rings is 1. The monoisotopic (exact) mass is 336 g/mol. The molecule has 19 heavy (non-hydrogen) atoms. The first-order valence-corrected chi connectivity index (χ1v) is 8.27. The molecule has 0 saturated carbocycles. The first kappa shape index (κ1) is 14.6. The Labute approximate surface area is 125 Å². The highest BCUT2D eigenvalue weighted by Crippen LogP contribution is 2.30. The summed E-state index contributed by atoms with van der Waals surface area (Å²) in [5, 5.41) is 0.344. The van der Waals surface area contributed by atoms with Crippen molar-refractivity contribution >= 4 is 50.2 Å². The zero-order chi connectivity index (χ0) is 14.2. The Bertz CT molecular complexity index is 726. The van der Waals surface area contributed by atoms with Crippen molar-refractivity contribution in [2.45, 2.75) is 18.1 Å². The predicted molar refractivity (Wildman–Crippen MR) is 78.9 cm³/mol. The molecule has 0 aliphatic carbocycles. The van der Waals surface area contributed by atoms with E-state index in [1.54, 1.807) is 25.1 Å². The molecule has 8 heteroatoms. The van der Waals surface area contributed by atoms with E-state index in [0.717, 1.165) is 16.9 Å². The predicted octanol–water partition coefficient (Wildman–Crippen LogP) is 3.87. The van der Waals surface area contributed by atoms with Crippen LogP contribution >= 0.6 is 34.5 Å². The minimum absolute atomic E-state index is 0.0918. The smallest absolute Gasteiger partial charge is 0.273 e. The number of halogens is 2. The van der Waals surface area contributed by atoms with Crippen LogP contribution in [-0.4, -0.2) is 13.4 Å². The third-order valence-electron chi connectivity index (χ3n) is 2.34.